The van der Waals surface area contributed by atoms with Crippen molar-refractivity contribution in [2.75, 3.05) is 0 Å². The zero-order valence-corrected chi connectivity index (χ0v) is 7.97. The first kappa shape index (κ1) is 8.83. The Kier molecular flexibility index (Phi) is 2.41. The first-order valence-electron chi connectivity index (χ1n) is 3.00. The van der Waals surface area contributed by atoms with E-state index in [0.29, 0.717) is 0 Å². The van der Waals surface area contributed by atoms with E-state index in [-0.39, 0.29) is 5.69 Å². The molecule has 1 rings (SSSR count). The third-order valence-electron chi connectivity index (χ3n) is 1.18. The molecule has 4 heteroatoms. The summed E-state index contributed by atoms with van der Waals surface area (Å²) in [5, 5.41) is 0. The third kappa shape index (κ3) is 2.36. The van der Waals surface area contributed by atoms with Gasteiger partial charge in [-0.3, -0.25) is 4.98 Å². The molecule has 0 saturated heterocycles. The van der Waals surface area contributed by atoms with E-state index in [1.165, 1.54) is 12.3 Å². The molecular formula is C7H6F2IN. The molecule has 0 radical (unpaired) electrons. The lowest BCUT2D eigenvalue weighted by Crippen LogP contribution is -2.09. The minimum absolute atomic E-state index is 0.182. The number of hydrogen-bond acceptors (Lipinski definition) is 1. The van der Waals surface area contributed by atoms with Gasteiger partial charge in [-0.25, -0.2) is 0 Å². The normalized spacial score (nSPS) is 11.6. The van der Waals surface area contributed by atoms with Crippen molar-refractivity contribution in [1.82, 2.24) is 4.98 Å². The molecule has 0 aromatic carbocycles. The maximum absolute atomic E-state index is 12.5. The van der Waals surface area contributed by atoms with Gasteiger partial charge in [-0.05, 0) is 34.7 Å². The fraction of sp³-hybridized carbons (Fsp3) is 0.286. The van der Waals surface area contributed by atoms with Gasteiger partial charge in [0.05, 0.1) is 0 Å². The van der Waals surface area contributed by atoms with Gasteiger partial charge in [0.1, 0.15) is 5.69 Å². The number of nitrogens with zero attached hydrogens (tertiary/aromatic N) is 1. The molecular weight excluding hydrogens is 263 g/mol. The minimum Gasteiger partial charge on any atom is -0.254 e. The molecule has 0 unspecified atom stereocenters. The van der Waals surface area contributed by atoms with Crippen LogP contribution < -0.4 is 0 Å². The maximum atomic E-state index is 12.5. The van der Waals surface area contributed by atoms with E-state index in [1.54, 1.807) is 6.07 Å². The number of hydrogen-bond donors (Lipinski definition) is 0. The van der Waals surface area contributed by atoms with E-state index >= 15 is 0 Å². The van der Waals surface area contributed by atoms with Gasteiger partial charge in [0.25, 0.3) is 5.92 Å². The Balaban J connectivity index is 2.99. The summed E-state index contributed by atoms with van der Waals surface area (Å²) in [4.78, 5) is 3.59. The molecule has 1 aromatic heterocycles. The van der Waals surface area contributed by atoms with Gasteiger partial charge in [-0.1, -0.05) is 0 Å². The first-order valence-corrected chi connectivity index (χ1v) is 4.08. The van der Waals surface area contributed by atoms with Crippen molar-refractivity contribution >= 4 is 22.6 Å². The Morgan fingerprint density at radius 2 is 2.09 bits per heavy atom. The van der Waals surface area contributed by atoms with Crippen molar-refractivity contribution < 1.29 is 8.78 Å². The molecule has 0 saturated carbocycles. The second-order valence-electron chi connectivity index (χ2n) is 2.25. The molecule has 0 bridgehead atoms. The Labute approximate surface area is 77.0 Å². The molecule has 0 aliphatic carbocycles. The lowest BCUT2D eigenvalue weighted by Gasteiger charge is -2.07. The highest BCUT2D eigenvalue weighted by Crippen LogP contribution is 2.24. The van der Waals surface area contributed by atoms with Crippen molar-refractivity contribution in [3.8, 4) is 0 Å². The lowest BCUT2D eigenvalue weighted by molar-refractivity contribution is 0.0127. The van der Waals surface area contributed by atoms with Crippen LogP contribution >= 0.6 is 22.6 Å². The van der Waals surface area contributed by atoms with E-state index in [0.717, 1.165) is 10.5 Å². The van der Waals surface area contributed by atoms with Crippen LogP contribution in [0.5, 0.6) is 0 Å². The van der Waals surface area contributed by atoms with Crippen LogP contribution in [0.4, 0.5) is 8.78 Å². The van der Waals surface area contributed by atoms with Crippen molar-refractivity contribution in [3.05, 3.63) is 27.6 Å². The van der Waals surface area contributed by atoms with Crippen LogP contribution in [0.1, 0.15) is 12.6 Å². The number of alkyl halides is 2. The predicted octanol–water partition coefficient (Wildman–Crippen LogP) is 2.80. The highest BCUT2D eigenvalue weighted by molar-refractivity contribution is 14.1. The van der Waals surface area contributed by atoms with Crippen LogP contribution in [-0.2, 0) is 5.92 Å². The third-order valence-corrected chi connectivity index (χ3v) is 1.82. The van der Waals surface area contributed by atoms with Gasteiger partial charge in [0.15, 0.2) is 0 Å². The molecule has 0 aliphatic heterocycles. The van der Waals surface area contributed by atoms with Gasteiger partial charge in [-0.15, -0.1) is 0 Å². The topological polar surface area (TPSA) is 12.9 Å². The van der Waals surface area contributed by atoms with E-state index in [1.807, 2.05) is 22.6 Å². The van der Waals surface area contributed by atoms with Crippen LogP contribution in [0.2, 0.25) is 0 Å². The quantitative estimate of drug-likeness (QED) is 0.714. The standard InChI is InChI=1S/C7H6F2IN/c1-7(8,9)6-3-2-5(10)4-11-6/h2-4H,1H3. The van der Waals surface area contributed by atoms with Crippen LogP contribution in [0.25, 0.3) is 0 Å². The van der Waals surface area contributed by atoms with Crippen molar-refractivity contribution in [3.63, 3.8) is 0 Å². The van der Waals surface area contributed by atoms with Crippen LogP contribution in [0.3, 0.4) is 0 Å². The van der Waals surface area contributed by atoms with Gasteiger partial charge >= 0.3 is 0 Å². The zero-order valence-electron chi connectivity index (χ0n) is 5.81. The number of rotatable bonds is 1. The zero-order chi connectivity index (χ0) is 8.48. The summed E-state index contributed by atoms with van der Waals surface area (Å²) in [6.45, 7) is 0.836. The summed E-state index contributed by atoms with van der Waals surface area (Å²) in [6, 6.07) is 2.95. The van der Waals surface area contributed by atoms with Crippen LogP contribution in [0.15, 0.2) is 18.3 Å². The molecule has 11 heavy (non-hydrogen) atoms. The lowest BCUT2D eigenvalue weighted by atomic mass is 10.2. The molecule has 0 spiro atoms. The van der Waals surface area contributed by atoms with E-state index in [2.05, 4.69) is 4.98 Å². The smallest absolute Gasteiger partial charge is 0.254 e. The van der Waals surface area contributed by atoms with Crippen LogP contribution in [-0.4, -0.2) is 4.98 Å². The van der Waals surface area contributed by atoms with Gasteiger partial charge in [-0.2, -0.15) is 8.78 Å². The summed E-state index contributed by atoms with van der Waals surface area (Å²) in [5.41, 5.74) is -0.182. The molecule has 1 nitrogen and oxygen atoms in total. The number of pyridine rings is 1. The number of aromatic nitrogens is 1. The predicted molar refractivity (Wildman–Crippen MR) is 46.5 cm³/mol. The average Bonchev–Trinajstić information content (AvgIpc) is 1.86. The highest BCUT2D eigenvalue weighted by Gasteiger charge is 2.25. The Bertz CT molecular complexity index is 240. The maximum Gasteiger partial charge on any atom is 0.286 e. The summed E-state index contributed by atoms with van der Waals surface area (Å²) in [7, 11) is 0. The summed E-state index contributed by atoms with van der Waals surface area (Å²) >= 11 is 2.02. The molecule has 0 atom stereocenters. The van der Waals surface area contributed by atoms with E-state index in [4.69, 9.17) is 0 Å². The van der Waals surface area contributed by atoms with Gasteiger partial charge in [0, 0.05) is 16.7 Å². The molecule has 1 aromatic rings. The summed E-state index contributed by atoms with van der Waals surface area (Å²) in [5.74, 6) is -2.83. The molecule has 0 fully saturated rings. The molecule has 0 N–H and O–H groups in total. The molecule has 0 amide bonds. The average molecular weight is 269 g/mol. The van der Waals surface area contributed by atoms with E-state index in [9.17, 15) is 8.78 Å². The molecule has 60 valence electrons. The largest absolute Gasteiger partial charge is 0.286 e. The summed E-state index contributed by atoms with van der Waals surface area (Å²) in [6.07, 6.45) is 1.42. The van der Waals surface area contributed by atoms with Crippen molar-refractivity contribution in [2.45, 2.75) is 12.8 Å². The fourth-order valence-electron chi connectivity index (χ4n) is 0.635. The Morgan fingerprint density at radius 1 is 1.45 bits per heavy atom. The number of halogens is 3. The first-order chi connectivity index (χ1) is 5.00. The van der Waals surface area contributed by atoms with E-state index < -0.39 is 5.92 Å². The monoisotopic (exact) mass is 269 g/mol. The Hall–Kier alpha value is -0.260. The molecule has 1 heterocycles. The minimum atomic E-state index is -2.83. The summed E-state index contributed by atoms with van der Waals surface area (Å²) < 4.78 is 25.9. The van der Waals surface area contributed by atoms with Gasteiger partial charge in [0.2, 0.25) is 0 Å². The van der Waals surface area contributed by atoms with Crippen molar-refractivity contribution in [1.29, 1.82) is 0 Å². The van der Waals surface area contributed by atoms with Crippen molar-refractivity contribution in [2.24, 2.45) is 0 Å². The second kappa shape index (κ2) is 3.00. The molecule has 0 aliphatic rings. The second-order valence-corrected chi connectivity index (χ2v) is 3.50. The Morgan fingerprint density at radius 3 is 2.45 bits per heavy atom. The fourth-order valence-corrected chi connectivity index (χ4v) is 0.955. The van der Waals surface area contributed by atoms with Gasteiger partial charge < -0.3 is 0 Å². The highest BCUT2D eigenvalue weighted by atomic mass is 127. The SMILES string of the molecule is CC(F)(F)c1ccc(I)cn1. The van der Waals surface area contributed by atoms with Crippen LogP contribution in [0, 0.1) is 3.57 Å².